The van der Waals surface area contributed by atoms with Gasteiger partial charge in [0.2, 0.25) is 5.91 Å². The molecule has 0 aliphatic heterocycles. The second-order valence-electron chi connectivity index (χ2n) is 5.00. The van der Waals surface area contributed by atoms with E-state index in [2.05, 4.69) is 5.32 Å². The van der Waals surface area contributed by atoms with E-state index >= 15 is 0 Å². The van der Waals surface area contributed by atoms with Crippen LogP contribution in [0.5, 0.6) is 0 Å². The highest BCUT2D eigenvalue weighted by molar-refractivity contribution is 5.78. The first-order valence-electron chi connectivity index (χ1n) is 6.67. The summed E-state index contributed by atoms with van der Waals surface area (Å²) in [5.41, 5.74) is 5.66. The van der Waals surface area contributed by atoms with Crippen LogP contribution >= 0.6 is 0 Å². The van der Waals surface area contributed by atoms with Crippen LogP contribution in [0, 0.1) is 5.92 Å². The first-order valence-corrected chi connectivity index (χ1v) is 6.67. The third-order valence-electron chi connectivity index (χ3n) is 2.88. The number of aliphatic hydroxyl groups is 1. The third-order valence-corrected chi connectivity index (χ3v) is 2.88. The van der Waals surface area contributed by atoms with Crippen molar-refractivity contribution in [2.45, 2.75) is 51.7 Å². The average Bonchev–Trinajstić information content (AvgIpc) is 2.28. The number of hydrogen-bond acceptors (Lipinski definition) is 4. The summed E-state index contributed by atoms with van der Waals surface area (Å²) in [5.74, 6) is 0.0487. The predicted molar refractivity (Wildman–Crippen MR) is 72.2 cm³/mol. The van der Waals surface area contributed by atoms with Crippen LogP contribution in [0.2, 0.25) is 0 Å². The van der Waals surface area contributed by atoms with Gasteiger partial charge in [0, 0.05) is 25.6 Å². The van der Waals surface area contributed by atoms with Gasteiger partial charge in [-0.25, -0.2) is 0 Å². The first-order chi connectivity index (χ1) is 8.47. The van der Waals surface area contributed by atoms with Gasteiger partial charge in [0.15, 0.2) is 0 Å². The van der Waals surface area contributed by atoms with E-state index in [4.69, 9.17) is 10.5 Å². The topological polar surface area (TPSA) is 84.6 Å². The Bertz CT molecular complexity index is 222. The SMILES string of the molecule is COCC(O)CCNC(=O)C(C)CCCC(C)N. The number of methoxy groups -OCH3 is 1. The van der Waals surface area contributed by atoms with Crippen LogP contribution in [0.3, 0.4) is 0 Å². The lowest BCUT2D eigenvalue weighted by Crippen LogP contribution is -2.32. The molecule has 108 valence electrons. The molecule has 4 N–H and O–H groups in total. The number of hydrogen-bond donors (Lipinski definition) is 3. The van der Waals surface area contributed by atoms with E-state index in [1.54, 1.807) is 7.11 Å². The molecular formula is C13H28N2O3. The zero-order chi connectivity index (χ0) is 14.0. The summed E-state index contributed by atoms with van der Waals surface area (Å²) < 4.78 is 4.81. The molecule has 0 heterocycles. The Labute approximate surface area is 110 Å². The normalized spacial score (nSPS) is 16.1. The van der Waals surface area contributed by atoms with E-state index < -0.39 is 6.10 Å². The van der Waals surface area contributed by atoms with Gasteiger partial charge in [0.1, 0.15) is 0 Å². The number of rotatable bonds is 10. The molecule has 0 rings (SSSR count). The molecule has 3 unspecified atom stereocenters. The van der Waals surface area contributed by atoms with Crippen molar-refractivity contribution in [1.82, 2.24) is 5.32 Å². The Kier molecular flexibility index (Phi) is 9.92. The van der Waals surface area contributed by atoms with Crippen LogP contribution < -0.4 is 11.1 Å². The molecule has 0 aromatic carbocycles. The fourth-order valence-corrected chi connectivity index (χ4v) is 1.69. The van der Waals surface area contributed by atoms with Crippen molar-refractivity contribution in [1.29, 1.82) is 0 Å². The van der Waals surface area contributed by atoms with E-state index in [9.17, 15) is 9.90 Å². The van der Waals surface area contributed by atoms with Gasteiger partial charge in [-0.2, -0.15) is 0 Å². The van der Waals surface area contributed by atoms with Crippen molar-refractivity contribution in [3.63, 3.8) is 0 Å². The van der Waals surface area contributed by atoms with Crippen LogP contribution in [0.4, 0.5) is 0 Å². The second-order valence-corrected chi connectivity index (χ2v) is 5.00. The summed E-state index contributed by atoms with van der Waals surface area (Å²) in [4.78, 5) is 11.7. The summed E-state index contributed by atoms with van der Waals surface area (Å²) in [5, 5.41) is 12.2. The van der Waals surface area contributed by atoms with Crippen LogP contribution in [0.15, 0.2) is 0 Å². The van der Waals surface area contributed by atoms with Crippen molar-refractivity contribution in [2.24, 2.45) is 11.7 Å². The van der Waals surface area contributed by atoms with Gasteiger partial charge < -0.3 is 20.9 Å². The van der Waals surface area contributed by atoms with Crippen LogP contribution in [-0.2, 0) is 9.53 Å². The van der Waals surface area contributed by atoms with Gasteiger partial charge in [-0.1, -0.05) is 13.3 Å². The Morgan fingerprint density at radius 3 is 2.56 bits per heavy atom. The minimum atomic E-state index is -0.510. The minimum Gasteiger partial charge on any atom is -0.391 e. The summed E-state index contributed by atoms with van der Waals surface area (Å²) in [6, 6.07) is 0.199. The van der Waals surface area contributed by atoms with Crippen molar-refractivity contribution in [3.8, 4) is 0 Å². The second kappa shape index (κ2) is 10.3. The molecular weight excluding hydrogens is 232 g/mol. The fourth-order valence-electron chi connectivity index (χ4n) is 1.69. The highest BCUT2D eigenvalue weighted by Crippen LogP contribution is 2.09. The molecule has 0 aromatic rings. The van der Waals surface area contributed by atoms with Gasteiger partial charge in [0.25, 0.3) is 0 Å². The largest absolute Gasteiger partial charge is 0.391 e. The lowest BCUT2D eigenvalue weighted by atomic mass is 10.0. The first kappa shape index (κ1) is 17.4. The van der Waals surface area contributed by atoms with Crippen molar-refractivity contribution < 1.29 is 14.6 Å². The summed E-state index contributed by atoms with van der Waals surface area (Å²) in [7, 11) is 1.54. The molecule has 0 aliphatic carbocycles. The maximum Gasteiger partial charge on any atom is 0.222 e. The molecule has 18 heavy (non-hydrogen) atoms. The van der Waals surface area contributed by atoms with E-state index in [0.29, 0.717) is 19.6 Å². The van der Waals surface area contributed by atoms with E-state index in [1.165, 1.54) is 0 Å². The predicted octanol–water partition coefficient (Wildman–Crippen LogP) is 0.654. The van der Waals surface area contributed by atoms with E-state index in [0.717, 1.165) is 19.3 Å². The highest BCUT2D eigenvalue weighted by Gasteiger charge is 2.13. The van der Waals surface area contributed by atoms with Crippen LogP contribution in [0.1, 0.15) is 39.5 Å². The number of aliphatic hydroxyl groups excluding tert-OH is 1. The third kappa shape index (κ3) is 9.39. The number of nitrogens with one attached hydrogen (secondary N) is 1. The lowest BCUT2D eigenvalue weighted by molar-refractivity contribution is -0.124. The number of carbonyl (C=O) groups is 1. The number of ether oxygens (including phenoxy) is 1. The standard InChI is InChI=1S/C13H28N2O3/c1-10(5-4-6-11(2)14)13(17)15-8-7-12(16)9-18-3/h10-12,16H,4-9,14H2,1-3H3,(H,15,17). The number of amides is 1. The summed E-state index contributed by atoms with van der Waals surface area (Å²) in [6.45, 7) is 4.69. The molecule has 0 radical (unpaired) electrons. The Balaban J connectivity index is 3.61. The zero-order valence-electron chi connectivity index (χ0n) is 11.8. The molecule has 1 amide bonds. The Morgan fingerprint density at radius 2 is 2.00 bits per heavy atom. The van der Waals surface area contributed by atoms with Crippen LogP contribution in [-0.4, -0.2) is 43.4 Å². The lowest BCUT2D eigenvalue weighted by Gasteiger charge is -2.14. The minimum absolute atomic E-state index is 0.00307. The van der Waals surface area contributed by atoms with Gasteiger partial charge >= 0.3 is 0 Å². The Hall–Kier alpha value is -0.650. The van der Waals surface area contributed by atoms with Gasteiger partial charge in [-0.15, -0.1) is 0 Å². The smallest absolute Gasteiger partial charge is 0.222 e. The average molecular weight is 260 g/mol. The Morgan fingerprint density at radius 1 is 1.33 bits per heavy atom. The van der Waals surface area contributed by atoms with Gasteiger partial charge in [-0.3, -0.25) is 4.79 Å². The molecule has 0 saturated carbocycles. The van der Waals surface area contributed by atoms with Crippen molar-refractivity contribution in [3.05, 3.63) is 0 Å². The molecule has 0 aliphatic rings. The van der Waals surface area contributed by atoms with E-state index in [-0.39, 0.29) is 17.9 Å². The molecule has 0 saturated heterocycles. The monoisotopic (exact) mass is 260 g/mol. The fraction of sp³-hybridized carbons (Fsp3) is 0.923. The number of carbonyl (C=O) groups excluding carboxylic acids is 1. The molecule has 0 bridgehead atoms. The molecule has 0 aromatic heterocycles. The molecule has 5 heteroatoms. The van der Waals surface area contributed by atoms with E-state index in [1.807, 2.05) is 13.8 Å². The summed E-state index contributed by atoms with van der Waals surface area (Å²) >= 11 is 0. The van der Waals surface area contributed by atoms with Crippen molar-refractivity contribution >= 4 is 5.91 Å². The van der Waals surface area contributed by atoms with Crippen LogP contribution in [0.25, 0.3) is 0 Å². The quantitative estimate of drug-likeness (QED) is 0.538. The van der Waals surface area contributed by atoms with Gasteiger partial charge in [0.05, 0.1) is 12.7 Å². The summed E-state index contributed by atoms with van der Waals surface area (Å²) in [6.07, 6.45) is 2.78. The molecule has 0 spiro atoms. The maximum atomic E-state index is 11.7. The van der Waals surface area contributed by atoms with Gasteiger partial charge in [-0.05, 0) is 26.2 Å². The van der Waals surface area contributed by atoms with Crippen molar-refractivity contribution in [2.75, 3.05) is 20.3 Å². The highest BCUT2D eigenvalue weighted by atomic mass is 16.5. The molecule has 0 fully saturated rings. The number of nitrogens with two attached hydrogens (primary N) is 1. The maximum absolute atomic E-state index is 11.7. The molecule has 3 atom stereocenters. The molecule has 5 nitrogen and oxygen atoms in total. The zero-order valence-corrected chi connectivity index (χ0v) is 11.8.